The second-order valence-corrected chi connectivity index (χ2v) is 7.98. The van der Waals surface area contributed by atoms with E-state index in [1.54, 1.807) is 0 Å². The van der Waals surface area contributed by atoms with Gasteiger partial charge in [-0.15, -0.1) is 0 Å². The van der Waals surface area contributed by atoms with Crippen molar-refractivity contribution in [3.8, 4) is 11.5 Å². The van der Waals surface area contributed by atoms with Crippen molar-refractivity contribution in [2.24, 2.45) is 0 Å². The smallest absolute Gasteiger partial charge is 0.133 e. The molecule has 0 radical (unpaired) electrons. The standard InChI is InChI=1S/C16H11BrINO2S/c17-9-1-3-13-11(5-9)16(8-20-7-15(22)19-16)12-6-10(18)2-4-14(12)21-13/h1-6H,7-8H2,(H,19,22)/t16-/m0/s1. The van der Waals surface area contributed by atoms with Gasteiger partial charge in [-0.2, -0.15) is 0 Å². The molecule has 2 aliphatic heterocycles. The second-order valence-electron chi connectivity index (χ2n) is 5.33. The minimum Gasteiger partial charge on any atom is -0.457 e. The summed E-state index contributed by atoms with van der Waals surface area (Å²) in [6, 6.07) is 12.2. The van der Waals surface area contributed by atoms with E-state index >= 15 is 0 Å². The molecular formula is C16H11BrINO2S. The van der Waals surface area contributed by atoms with Gasteiger partial charge in [-0.25, -0.2) is 0 Å². The van der Waals surface area contributed by atoms with Crippen molar-refractivity contribution in [2.45, 2.75) is 5.54 Å². The first-order valence-corrected chi connectivity index (χ1v) is 9.03. The highest BCUT2D eigenvalue weighted by Gasteiger charge is 2.45. The number of benzene rings is 2. The van der Waals surface area contributed by atoms with E-state index in [1.807, 2.05) is 24.3 Å². The van der Waals surface area contributed by atoms with Crippen LogP contribution >= 0.6 is 50.7 Å². The maximum atomic E-state index is 6.09. The molecule has 112 valence electrons. The van der Waals surface area contributed by atoms with Crippen LogP contribution in [0.3, 0.4) is 0 Å². The zero-order chi connectivity index (χ0) is 15.3. The van der Waals surface area contributed by atoms with Gasteiger partial charge in [0.2, 0.25) is 0 Å². The van der Waals surface area contributed by atoms with Gasteiger partial charge in [0.1, 0.15) is 22.0 Å². The molecule has 2 aromatic rings. The van der Waals surface area contributed by atoms with Crippen LogP contribution in [0, 0.1) is 3.57 Å². The molecule has 2 aliphatic rings. The summed E-state index contributed by atoms with van der Waals surface area (Å²) in [6.07, 6.45) is 0. The lowest BCUT2D eigenvalue weighted by Gasteiger charge is -2.43. The van der Waals surface area contributed by atoms with Gasteiger partial charge in [-0.1, -0.05) is 28.1 Å². The van der Waals surface area contributed by atoms with E-state index in [0.717, 1.165) is 30.7 Å². The maximum absolute atomic E-state index is 6.09. The molecular weight excluding hydrogens is 477 g/mol. The van der Waals surface area contributed by atoms with Gasteiger partial charge >= 0.3 is 0 Å². The topological polar surface area (TPSA) is 30.5 Å². The summed E-state index contributed by atoms with van der Waals surface area (Å²) in [7, 11) is 0. The van der Waals surface area contributed by atoms with Gasteiger partial charge < -0.3 is 14.8 Å². The lowest BCUT2D eigenvalue weighted by atomic mass is 9.80. The van der Waals surface area contributed by atoms with Crippen molar-refractivity contribution < 1.29 is 9.47 Å². The molecule has 0 aliphatic carbocycles. The first kappa shape index (κ1) is 14.9. The van der Waals surface area contributed by atoms with Gasteiger partial charge in [-0.3, -0.25) is 0 Å². The Balaban J connectivity index is 2.01. The molecule has 3 nitrogen and oxygen atoms in total. The Hall–Kier alpha value is -0.700. The fourth-order valence-electron chi connectivity index (χ4n) is 3.01. The third kappa shape index (κ3) is 2.28. The third-order valence-electron chi connectivity index (χ3n) is 3.93. The van der Waals surface area contributed by atoms with Crippen LogP contribution in [0.4, 0.5) is 0 Å². The lowest BCUT2D eigenvalue weighted by molar-refractivity contribution is 0.0922. The number of morpholine rings is 1. The quantitative estimate of drug-likeness (QED) is 0.442. The van der Waals surface area contributed by atoms with E-state index in [9.17, 15) is 0 Å². The van der Waals surface area contributed by atoms with Crippen LogP contribution in [-0.4, -0.2) is 18.2 Å². The van der Waals surface area contributed by atoms with Crippen molar-refractivity contribution in [1.29, 1.82) is 0 Å². The average Bonchev–Trinajstić information content (AvgIpc) is 2.49. The molecule has 1 N–H and O–H groups in total. The first-order valence-electron chi connectivity index (χ1n) is 6.75. The normalized spacial score (nSPS) is 22.5. The monoisotopic (exact) mass is 487 g/mol. The number of fused-ring (bicyclic) bond motifs is 4. The summed E-state index contributed by atoms with van der Waals surface area (Å²) < 4.78 is 14.0. The van der Waals surface area contributed by atoms with Crippen molar-refractivity contribution in [3.63, 3.8) is 0 Å². The minimum atomic E-state index is -0.497. The van der Waals surface area contributed by atoms with Gasteiger partial charge in [0.05, 0.1) is 13.2 Å². The summed E-state index contributed by atoms with van der Waals surface area (Å²) in [6.45, 7) is 0.980. The van der Waals surface area contributed by atoms with Crippen LogP contribution in [0.1, 0.15) is 11.1 Å². The van der Waals surface area contributed by atoms with E-state index < -0.39 is 5.54 Å². The number of hydrogen-bond donors (Lipinski definition) is 1. The molecule has 2 heterocycles. The molecule has 1 fully saturated rings. The largest absolute Gasteiger partial charge is 0.457 e. The Kier molecular flexibility index (Phi) is 3.67. The molecule has 0 unspecified atom stereocenters. The number of nitrogens with one attached hydrogen (secondary N) is 1. The van der Waals surface area contributed by atoms with Crippen LogP contribution in [0.2, 0.25) is 0 Å². The van der Waals surface area contributed by atoms with Gasteiger partial charge in [-0.05, 0) is 59.0 Å². The Labute approximate surface area is 155 Å². The minimum absolute atomic E-state index is 0.459. The summed E-state index contributed by atoms with van der Waals surface area (Å²) in [5.41, 5.74) is 1.61. The highest BCUT2D eigenvalue weighted by molar-refractivity contribution is 14.1. The van der Waals surface area contributed by atoms with Crippen LogP contribution in [0.5, 0.6) is 11.5 Å². The van der Waals surface area contributed by atoms with Gasteiger partial charge in [0.15, 0.2) is 0 Å². The summed E-state index contributed by atoms with van der Waals surface area (Å²) in [4.78, 5) is 0.712. The predicted octanol–water partition coefficient (Wildman–Crippen LogP) is 4.35. The zero-order valence-electron chi connectivity index (χ0n) is 11.4. The lowest BCUT2D eigenvalue weighted by Crippen LogP contribution is -2.55. The molecule has 4 rings (SSSR count). The van der Waals surface area contributed by atoms with Crippen molar-refractivity contribution >= 4 is 55.7 Å². The number of rotatable bonds is 0. The van der Waals surface area contributed by atoms with Gasteiger partial charge in [0, 0.05) is 19.2 Å². The zero-order valence-corrected chi connectivity index (χ0v) is 15.9. The molecule has 0 saturated carbocycles. The number of ether oxygens (including phenoxy) is 2. The Morgan fingerprint density at radius 2 is 1.86 bits per heavy atom. The summed E-state index contributed by atoms with van der Waals surface area (Å²) >= 11 is 11.3. The number of thiocarbonyl (C=S) groups is 1. The highest BCUT2D eigenvalue weighted by Crippen LogP contribution is 2.48. The third-order valence-corrected chi connectivity index (χ3v) is 5.31. The molecule has 6 heteroatoms. The molecule has 0 amide bonds. The summed E-state index contributed by atoms with van der Waals surface area (Å²) in [5, 5.41) is 3.50. The Bertz CT molecular complexity index is 744. The van der Waals surface area contributed by atoms with E-state index in [2.05, 4.69) is 56.0 Å². The van der Waals surface area contributed by atoms with Crippen molar-refractivity contribution in [2.75, 3.05) is 13.2 Å². The van der Waals surface area contributed by atoms with Crippen molar-refractivity contribution in [1.82, 2.24) is 5.32 Å². The average molecular weight is 488 g/mol. The molecule has 0 bridgehead atoms. The second kappa shape index (κ2) is 5.43. The Morgan fingerprint density at radius 3 is 2.64 bits per heavy atom. The van der Waals surface area contributed by atoms with E-state index in [4.69, 9.17) is 21.7 Å². The molecule has 0 aromatic heterocycles. The fourth-order valence-corrected chi connectivity index (χ4v) is 4.12. The van der Waals surface area contributed by atoms with Crippen molar-refractivity contribution in [3.05, 3.63) is 55.6 Å². The number of hydrogen-bond acceptors (Lipinski definition) is 3. The highest BCUT2D eigenvalue weighted by atomic mass is 127. The fraction of sp³-hybridized carbons (Fsp3) is 0.188. The Morgan fingerprint density at radius 1 is 1.14 bits per heavy atom. The van der Waals surface area contributed by atoms with E-state index in [1.165, 1.54) is 0 Å². The molecule has 1 saturated heterocycles. The first-order chi connectivity index (χ1) is 10.6. The molecule has 2 aromatic carbocycles. The van der Waals surface area contributed by atoms with Gasteiger partial charge in [0.25, 0.3) is 0 Å². The van der Waals surface area contributed by atoms with Crippen LogP contribution in [-0.2, 0) is 10.3 Å². The van der Waals surface area contributed by atoms with Crippen LogP contribution in [0.15, 0.2) is 40.9 Å². The maximum Gasteiger partial charge on any atom is 0.133 e. The SMILES string of the molecule is S=C1COC[C@]2(N1)c1cc(Br)ccc1Oc1ccc(I)cc12. The predicted molar refractivity (Wildman–Crippen MR) is 101 cm³/mol. The van der Waals surface area contributed by atoms with Crippen LogP contribution in [0.25, 0.3) is 0 Å². The molecule has 1 atom stereocenters. The molecule has 22 heavy (non-hydrogen) atoms. The van der Waals surface area contributed by atoms with Crippen LogP contribution < -0.4 is 10.1 Å². The number of halogens is 2. The molecule has 1 spiro atoms. The summed E-state index contributed by atoms with van der Waals surface area (Å²) in [5.74, 6) is 1.67. The van der Waals surface area contributed by atoms with E-state index in [0.29, 0.717) is 18.2 Å². The van der Waals surface area contributed by atoms with E-state index in [-0.39, 0.29) is 0 Å².